The van der Waals surface area contributed by atoms with Crippen molar-refractivity contribution < 1.29 is 9.84 Å². The number of aliphatic hydroxyl groups excluding tert-OH is 1. The summed E-state index contributed by atoms with van der Waals surface area (Å²) in [7, 11) is 0. The van der Waals surface area contributed by atoms with Crippen LogP contribution in [0.15, 0.2) is 54.9 Å². The third-order valence-corrected chi connectivity index (χ3v) is 3.07. The van der Waals surface area contributed by atoms with E-state index in [1.165, 1.54) is 6.33 Å². The molecule has 0 atom stereocenters. The summed E-state index contributed by atoms with van der Waals surface area (Å²) in [4.78, 5) is 8.42. The SMILES string of the molecule is OCCc1ccccc1Oc1ncnc2ccccc12. The van der Waals surface area contributed by atoms with Crippen LogP contribution < -0.4 is 4.74 Å². The molecule has 0 spiro atoms. The molecule has 0 amide bonds. The molecule has 0 unspecified atom stereocenters. The molecule has 3 rings (SSSR count). The van der Waals surface area contributed by atoms with E-state index in [-0.39, 0.29) is 6.61 Å². The molecule has 2 aromatic carbocycles. The first-order chi connectivity index (χ1) is 9.88. The Morgan fingerprint density at radius 3 is 2.65 bits per heavy atom. The number of rotatable bonds is 4. The average molecular weight is 266 g/mol. The first-order valence-corrected chi connectivity index (χ1v) is 6.45. The van der Waals surface area contributed by atoms with Crippen molar-refractivity contribution in [2.45, 2.75) is 6.42 Å². The lowest BCUT2D eigenvalue weighted by atomic mass is 10.1. The van der Waals surface area contributed by atoms with E-state index in [1.54, 1.807) is 0 Å². The van der Waals surface area contributed by atoms with Gasteiger partial charge in [-0.25, -0.2) is 9.97 Å². The maximum Gasteiger partial charge on any atom is 0.230 e. The largest absolute Gasteiger partial charge is 0.438 e. The molecule has 20 heavy (non-hydrogen) atoms. The summed E-state index contributed by atoms with van der Waals surface area (Å²) in [6.07, 6.45) is 2.05. The number of benzene rings is 2. The molecule has 0 bridgehead atoms. The molecule has 0 saturated carbocycles. The zero-order valence-corrected chi connectivity index (χ0v) is 10.9. The van der Waals surface area contributed by atoms with Crippen LogP contribution in [0.5, 0.6) is 11.6 Å². The predicted octanol–water partition coefficient (Wildman–Crippen LogP) is 2.96. The highest BCUT2D eigenvalue weighted by Gasteiger charge is 2.08. The highest BCUT2D eigenvalue weighted by Crippen LogP contribution is 2.28. The third-order valence-electron chi connectivity index (χ3n) is 3.07. The van der Waals surface area contributed by atoms with Crippen molar-refractivity contribution in [3.8, 4) is 11.6 Å². The molecule has 0 aliphatic carbocycles. The maximum absolute atomic E-state index is 9.10. The van der Waals surface area contributed by atoms with Crippen molar-refractivity contribution in [3.63, 3.8) is 0 Å². The average Bonchev–Trinajstić information content (AvgIpc) is 2.50. The second-order valence-electron chi connectivity index (χ2n) is 4.38. The van der Waals surface area contributed by atoms with Crippen LogP contribution >= 0.6 is 0 Å². The quantitative estimate of drug-likeness (QED) is 0.788. The van der Waals surface area contributed by atoms with Gasteiger partial charge in [-0.15, -0.1) is 0 Å². The molecule has 0 radical (unpaired) electrons. The van der Waals surface area contributed by atoms with Gasteiger partial charge < -0.3 is 9.84 Å². The van der Waals surface area contributed by atoms with Crippen molar-refractivity contribution in [3.05, 3.63) is 60.4 Å². The second-order valence-corrected chi connectivity index (χ2v) is 4.38. The van der Waals surface area contributed by atoms with Crippen LogP contribution in [-0.4, -0.2) is 21.7 Å². The van der Waals surface area contributed by atoms with Crippen molar-refractivity contribution in [1.82, 2.24) is 9.97 Å². The van der Waals surface area contributed by atoms with E-state index in [0.29, 0.717) is 18.1 Å². The van der Waals surface area contributed by atoms with Gasteiger partial charge >= 0.3 is 0 Å². The minimum absolute atomic E-state index is 0.0882. The topological polar surface area (TPSA) is 55.2 Å². The van der Waals surface area contributed by atoms with Crippen LogP contribution in [0.25, 0.3) is 10.9 Å². The molecule has 4 heteroatoms. The van der Waals surface area contributed by atoms with Crippen LogP contribution in [0.4, 0.5) is 0 Å². The Labute approximate surface area is 116 Å². The van der Waals surface area contributed by atoms with Crippen LogP contribution in [0.1, 0.15) is 5.56 Å². The summed E-state index contributed by atoms with van der Waals surface area (Å²) in [5.74, 6) is 1.24. The Morgan fingerprint density at radius 1 is 0.950 bits per heavy atom. The van der Waals surface area contributed by atoms with E-state index in [0.717, 1.165) is 16.5 Å². The first kappa shape index (κ1) is 12.6. The van der Waals surface area contributed by atoms with Gasteiger partial charge in [0.05, 0.1) is 10.9 Å². The Balaban J connectivity index is 2.01. The molecule has 1 heterocycles. The minimum Gasteiger partial charge on any atom is -0.438 e. The minimum atomic E-state index is 0.0882. The molecule has 100 valence electrons. The molecule has 0 saturated heterocycles. The number of ether oxygens (including phenoxy) is 1. The number of nitrogens with zero attached hydrogens (tertiary/aromatic N) is 2. The Hall–Kier alpha value is -2.46. The van der Waals surface area contributed by atoms with Gasteiger partial charge in [-0.1, -0.05) is 30.3 Å². The van der Waals surface area contributed by atoms with E-state index < -0.39 is 0 Å². The lowest BCUT2D eigenvalue weighted by molar-refractivity contribution is 0.297. The molecular formula is C16H14N2O2. The summed E-state index contributed by atoms with van der Waals surface area (Å²) in [6, 6.07) is 15.4. The molecule has 0 fully saturated rings. The van der Waals surface area contributed by atoms with Gasteiger partial charge in [0.2, 0.25) is 5.88 Å². The van der Waals surface area contributed by atoms with E-state index >= 15 is 0 Å². The van der Waals surface area contributed by atoms with Gasteiger partial charge in [0.15, 0.2) is 0 Å². The number of aliphatic hydroxyl groups is 1. The number of para-hydroxylation sites is 2. The third kappa shape index (κ3) is 2.46. The molecular weight excluding hydrogens is 252 g/mol. The summed E-state index contributed by atoms with van der Waals surface area (Å²) >= 11 is 0. The lowest BCUT2D eigenvalue weighted by Crippen LogP contribution is -1.97. The molecule has 3 aromatic rings. The van der Waals surface area contributed by atoms with Crippen molar-refractivity contribution in [2.75, 3.05) is 6.61 Å². The van der Waals surface area contributed by atoms with E-state index in [9.17, 15) is 0 Å². The summed E-state index contributed by atoms with van der Waals surface area (Å²) in [5, 5.41) is 9.97. The summed E-state index contributed by atoms with van der Waals surface area (Å²) in [5.41, 5.74) is 1.80. The Morgan fingerprint density at radius 2 is 1.75 bits per heavy atom. The van der Waals surface area contributed by atoms with Gasteiger partial charge in [-0.05, 0) is 30.2 Å². The standard InChI is InChI=1S/C16H14N2O2/c19-10-9-12-5-1-4-8-15(12)20-16-13-6-2-3-7-14(13)17-11-18-16/h1-8,11,19H,9-10H2. The number of hydrogen-bond donors (Lipinski definition) is 1. The zero-order valence-electron chi connectivity index (χ0n) is 10.9. The van der Waals surface area contributed by atoms with Crippen LogP contribution in [0, 0.1) is 0 Å². The predicted molar refractivity (Wildman–Crippen MR) is 76.8 cm³/mol. The molecule has 0 aliphatic rings. The van der Waals surface area contributed by atoms with Gasteiger partial charge in [0.1, 0.15) is 12.1 Å². The first-order valence-electron chi connectivity index (χ1n) is 6.45. The fourth-order valence-corrected chi connectivity index (χ4v) is 2.10. The monoisotopic (exact) mass is 266 g/mol. The highest BCUT2D eigenvalue weighted by molar-refractivity contribution is 5.83. The Bertz CT molecular complexity index is 723. The Kier molecular flexibility index (Phi) is 3.56. The fraction of sp³-hybridized carbons (Fsp3) is 0.125. The van der Waals surface area contributed by atoms with Gasteiger partial charge in [-0.2, -0.15) is 0 Å². The van der Waals surface area contributed by atoms with Crippen LogP contribution in [0.2, 0.25) is 0 Å². The van der Waals surface area contributed by atoms with E-state index in [1.807, 2.05) is 48.5 Å². The van der Waals surface area contributed by atoms with Gasteiger partial charge in [0.25, 0.3) is 0 Å². The summed E-state index contributed by atoms with van der Waals surface area (Å²) in [6.45, 7) is 0.0882. The van der Waals surface area contributed by atoms with Crippen molar-refractivity contribution >= 4 is 10.9 Å². The lowest BCUT2D eigenvalue weighted by Gasteiger charge is -2.10. The molecule has 0 aliphatic heterocycles. The van der Waals surface area contributed by atoms with Gasteiger partial charge in [0, 0.05) is 6.61 Å². The smallest absolute Gasteiger partial charge is 0.230 e. The van der Waals surface area contributed by atoms with Crippen LogP contribution in [0.3, 0.4) is 0 Å². The van der Waals surface area contributed by atoms with Crippen molar-refractivity contribution in [1.29, 1.82) is 0 Å². The maximum atomic E-state index is 9.10. The number of aromatic nitrogens is 2. The van der Waals surface area contributed by atoms with Crippen molar-refractivity contribution in [2.24, 2.45) is 0 Å². The normalized spacial score (nSPS) is 10.7. The fourth-order valence-electron chi connectivity index (χ4n) is 2.10. The van der Waals surface area contributed by atoms with E-state index in [4.69, 9.17) is 9.84 Å². The van der Waals surface area contributed by atoms with Crippen LogP contribution in [-0.2, 0) is 6.42 Å². The number of hydrogen-bond acceptors (Lipinski definition) is 4. The van der Waals surface area contributed by atoms with Gasteiger partial charge in [-0.3, -0.25) is 0 Å². The highest BCUT2D eigenvalue weighted by atomic mass is 16.5. The number of fused-ring (bicyclic) bond motifs is 1. The second kappa shape index (κ2) is 5.67. The zero-order chi connectivity index (χ0) is 13.8. The molecule has 1 aromatic heterocycles. The molecule has 4 nitrogen and oxygen atoms in total. The summed E-state index contributed by atoms with van der Waals surface area (Å²) < 4.78 is 5.91. The molecule has 1 N–H and O–H groups in total. The van der Waals surface area contributed by atoms with E-state index in [2.05, 4.69) is 9.97 Å².